The van der Waals surface area contributed by atoms with E-state index >= 15 is 0 Å². The van der Waals surface area contributed by atoms with E-state index in [9.17, 15) is 4.79 Å². The Bertz CT molecular complexity index is 1060. The molecular formula is C26H34N4O2S. The molecule has 0 aliphatic rings. The fourth-order valence-electron chi connectivity index (χ4n) is 3.09. The van der Waals surface area contributed by atoms with Gasteiger partial charge in [0.1, 0.15) is 11.6 Å². The maximum Gasteiger partial charge on any atom is 0.287 e. The first-order valence-corrected chi connectivity index (χ1v) is 12.2. The summed E-state index contributed by atoms with van der Waals surface area (Å²) < 4.78 is 5.75. The molecule has 176 valence electrons. The molecule has 0 aliphatic heterocycles. The number of furan rings is 1. The van der Waals surface area contributed by atoms with Gasteiger partial charge in [-0.05, 0) is 23.6 Å². The van der Waals surface area contributed by atoms with Gasteiger partial charge in [-0.3, -0.25) is 4.79 Å². The van der Waals surface area contributed by atoms with Crippen molar-refractivity contribution in [1.82, 2.24) is 15.3 Å². The molecule has 0 aliphatic carbocycles. The number of hydrogen-bond donors (Lipinski definition) is 1. The van der Waals surface area contributed by atoms with Gasteiger partial charge in [0.25, 0.3) is 5.91 Å². The second kappa shape index (κ2) is 10.9. The van der Waals surface area contributed by atoms with Gasteiger partial charge in [-0.2, -0.15) is 0 Å². The van der Waals surface area contributed by atoms with Crippen molar-refractivity contribution in [2.24, 2.45) is 5.92 Å². The first kappa shape index (κ1) is 24.8. The molecule has 2 heterocycles. The van der Waals surface area contributed by atoms with E-state index in [2.05, 4.69) is 63.0 Å². The van der Waals surface area contributed by atoms with E-state index in [1.54, 1.807) is 6.07 Å². The second-order valence-corrected chi connectivity index (χ2v) is 10.6. The smallest absolute Gasteiger partial charge is 0.287 e. The lowest BCUT2D eigenvalue weighted by atomic mass is 9.92. The molecule has 0 saturated carbocycles. The lowest BCUT2D eigenvalue weighted by molar-refractivity contribution is 0.0920. The summed E-state index contributed by atoms with van der Waals surface area (Å²) in [6, 6.07) is 16.0. The van der Waals surface area contributed by atoms with Gasteiger partial charge in [0, 0.05) is 31.6 Å². The largest absolute Gasteiger partial charge is 0.455 e. The lowest BCUT2D eigenvalue weighted by Gasteiger charge is -2.23. The van der Waals surface area contributed by atoms with Gasteiger partial charge in [-0.15, -0.1) is 0 Å². The maximum absolute atomic E-state index is 12.2. The van der Waals surface area contributed by atoms with Crippen molar-refractivity contribution in [3.05, 3.63) is 71.3 Å². The molecule has 6 nitrogen and oxygen atoms in total. The van der Waals surface area contributed by atoms with Crippen LogP contribution in [0.4, 0.5) is 5.82 Å². The molecule has 0 fully saturated rings. The summed E-state index contributed by atoms with van der Waals surface area (Å²) in [7, 11) is 2.05. The minimum Gasteiger partial charge on any atom is -0.455 e. The third-order valence-electron chi connectivity index (χ3n) is 5.01. The average molecular weight is 467 g/mol. The first-order valence-electron chi connectivity index (χ1n) is 11.3. The van der Waals surface area contributed by atoms with E-state index in [0.29, 0.717) is 29.1 Å². The van der Waals surface area contributed by atoms with E-state index in [1.807, 2.05) is 31.3 Å². The number of benzene rings is 1. The highest BCUT2D eigenvalue weighted by molar-refractivity contribution is 7.98. The Labute approximate surface area is 201 Å². The molecule has 0 spiro atoms. The van der Waals surface area contributed by atoms with Crippen molar-refractivity contribution in [3.8, 4) is 0 Å². The zero-order valence-corrected chi connectivity index (χ0v) is 21.2. The van der Waals surface area contributed by atoms with Crippen LogP contribution in [-0.2, 0) is 17.7 Å². The highest BCUT2D eigenvalue weighted by atomic mass is 32.2. The third-order valence-corrected chi connectivity index (χ3v) is 5.88. The normalized spacial score (nSPS) is 11.6. The van der Waals surface area contributed by atoms with E-state index in [0.717, 1.165) is 23.8 Å². The van der Waals surface area contributed by atoms with Crippen LogP contribution in [-0.4, -0.2) is 29.5 Å². The van der Waals surface area contributed by atoms with Crippen molar-refractivity contribution < 1.29 is 9.21 Å². The second-order valence-electron chi connectivity index (χ2n) is 9.64. The van der Waals surface area contributed by atoms with Gasteiger partial charge >= 0.3 is 0 Å². The van der Waals surface area contributed by atoms with Crippen molar-refractivity contribution in [1.29, 1.82) is 0 Å². The van der Waals surface area contributed by atoms with Crippen LogP contribution in [0, 0.1) is 5.92 Å². The molecule has 33 heavy (non-hydrogen) atoms. The number of carbonyl (C=O) groups is 1. The Balaban J connectivity index is 1.73. The molecule has 0 radical (unpaired) electrons. The first-order chi connectivity index (χ1) is 15.6. The Kier molecular flexibility index (Phi) is 8.19. The van der Waals surface area contributed by atoms with Crippen molar-refractivity contribution in [2.75, 3.05) is 18.5 Å². The Morgan fingerprint density at radius 3 is 2.52 bits per heavy atom. The highest BCUT2D eigenvalue weighted by Gasteiger charge is 2.20. The van der Waals surface area contributed by atoms with Gasteiger partial charge in [0.15, 0.2) is 10.9 Å². The Morgan fingerprint density at radius 2 is 1.85 bits per heavy atom. The van der Waals surface area contributed by atoms with Gasteiger partial charge in [-0.25, -0.2) is 9.97 Å². The van der Waals surface area contributed by atoms with Crippen LogP contribution in [0.3, 0.4) is 0 Å². The van der Waals surface area contributed by atoms with Crippen LogP contribution in [0.1, 0.15) is 62.2 Å². The Morgan fingerprint density at radius 1 is 1.12 bits per heavy atom. The van der Waals surface area contributed by atoms with Gasteiger partial charge in [0.2, 0.25) is 0 Å². The molecule has 2 aromatic heterocycles. The quantitative estimate of drug-likeness (QED) is 0.323. The van der Waals surface area contributed by atoms with E-state index in [1.165, 1.54) is 17.3 Å². The Hall–Kier alpha value is -2.80. The third kappa shape index (κ3) is 7.35. The number of hydrogen-bond acceptors (Lipinski definition) is 6. The van der Waals surface area contributed by atoms with Gasteiger partial charge in [0.05, 0.1) is 11.4 Å². The van der Waals surface area contributed by atoms with Crippen molar-refractivity contribution in [2.45, 2.75) is 57.5 Å². The van der Waals surface area contributed by atoms with Gasteiger partial charge in [-0.1, -0.05) is 76.7 Å². The molecule has 3 aromatic rings. The van der Waals surface area contributed by atoms with Crippen LogP contribution >= 0.6 is 11.8 Å². The molecule has 1 amide bonds. The number of amides is 1. The number of anilines is 1. The predicted molar refractivity (Wildman–Crippen MR) is 135 cm³/mol. The summed E-state index contributed by atoms with van der Waals surface area (Å²) in [6.45, 7) is 12.0. The summed E-state index contributed by atoms with van der Waals surface area (Å²) in [5.74, 6) is 2.69. The molecule has 3 rings (SSSR count). The standard InChI is InChI=1S/C26H34N4O2S/c1-18(2)15-27-24(31)21-13-12-20(32-21)17-33-25-28-22(26(3,4)5)14-23(29-25)30(6)16-19-10-8-7-9-11-19/h7-14,18H,15-17H2,1-6H3,(H,27,31). The van der Waals surface area contributed by atoms with Crippen LogP contribution < -0.4 is 10.2 Å². The summed E-state index contributed by atoms with van der Waals surface area (Å²) in [5, 5.41) is 3.57. The monoisotopic (exact) mass is 466 g/mol. The summed E-state index contributed by atoms with van der Waals surface area (Å²) >= 11 is 1.51. The van der Waals surface area contributed by atoms with E-state index in [4.69, 9.17) is 14.4 Å². The van der Waals surface area contributed by atoms with Crippen molar-refractivity contribution >= 4 is 23.5 Å². The van der Waals surface area contributed by atoms with Crippen LogP contribution in [0.25, 0.3) is 0 Å². The molecule has 7 heteroatoms. The number of carbonyl (C=O) groups excluding carboxylic acids is 1. The fourth-order valence-corrected chi connectivity index (χ4v) is 3.84. The maximum atomic E-state index is 12.2. The summed E-state index contributed by atoms with van der Waals surface area (Å²) in [6.07, 6.45) is 0. The summed E-state index contributed by atoms with van der Waals surface area (Å²) in [4.78, 5) is 24.0. The van der Waals surface area contributed by atoms with E-state index < -0.39 is 0 Å². The number of thioether (sulfide) groups is 1. The van der Waals surface area contributed by atoms with Crippen LogP contribution in [0.15, 0.2) is 58.1 Å². The number of aromatic nitrogens is 2. The lowest BCUT2D eigenvalue weighted by Crippen LogP contribution is -2.26. The molecule has 1 aromatic carbocycles. The predicted octanol–water partition coefficient (Wildman–Crippen LogP) is 5.68. The van der Waals surface area contributed by atoms with Crippen LogP contribution in [0.5, 0.6) is 0 Å². The average Bonchev–Trinajstić information content (AvgIpc) is 3.25. The number of rotatable bonds is 9. The zero-order chi connectivity index (χ0) is 24.0. The molecule has 0 bridgehead atoms. The van der Waals surface area contributed by atoms with Crippen LogP contribution in [0.2, 0.25) is 0 Å². The van der Waals surface area contributed by atoms with Crippen molar-refractivity contribution in [3.63, 3.8) is 0 Å². The van der Waals surface area contributed by atoms with E-state index in [-0.39, 0.29) is 11.3 Å². The molecular weight excluding hydrogens is 432 g/mol. The highest BCUT2D eigenvalue weighted by Crippen LogP contribution is 2.29. The SMILES string of the molecule is CC(C)CNC(=O)c1ccc(CSc2nc(N(C)Cc3ccccc3)cc(C(C)(C)C)n2)o1. The molecule has 0 saturated heterocycles. The minimum absolute atomic E-state index is 0.104. The molecule has 0 unspecified atom stereocenters. The molecule has 1 N–H and O–H groups in total. The van der Waals surface area contributed by atoms with Gasteiger partial charge < -0.3 is 14.6 Å². The fraction of sp³-hybridized carbons (Fsp3) is 0.423. The zero-order valence-electron chi connectivity index (χ0n) is 20.4. The topological polar surface area (TPSA) is 71.3 Å². The number of nitrogens with one attached hydrogen (secondary N) is 1. The minimum atomic E-state index is -0.184. The number of nitrogens with zero attached hydrogens (tertiary/aromatic N) is 3. The molecule has 0 atom stereocenters. The summed E-state index contributed by atoms with van der Waals surface area (Å²) in [5.41, 5.74) is 2.11.